The van der Waals surface area contributed by atoms with E-state index in [-0.39, 0.29) is 18.4 Å². The fourth-order valence-corrected chi connectivity index (χ4v) is 3.78. The highest BCUT2D eigenvalue weighted by molar-refractivity contribution is 5.81. The molecule has 0 aromatic heterocycles. The molecule has 5 nitrogen and oxygen atoms in total. The van der Waals surface area contributed by atoms with Crippen molar-refractivity contribution in [2.24, 2.45) is 17.8 Å². The van der Waals surface area contributed by atoms with E-state index >= 15 is 0 Å². The highest BCUT2D eigenvalue weighted by Crippen LogP contribution is 2.48. The van der Waals surface area contributed by atoms with E-state index in [9.17, 15) is 9.59 Å². The smallest absolute Gasteiger partial charge is 0.334 e. The second-order valence-electron chi connectivity index (χ2n) is 5.76. The number of fused-ring (bicyclic) bond motifs is 2. The average Bonchev–Trinajstić information content (AvgIpc) is 3.00. The molecule has 0 aromatic carbocycles. The van der Waals surface area contributed by atoms with Gasteiger partial charge >= 0.3 is 5.97 Å². The van der Waals surface area contributed by atoms with Gasteiger partial charge in [-0.15, -0.1) is 0 Å². The normalized spacial score (nSPS) is 39.0. The van der Waals surface area contributed by atoms with Crippen LogP contribution in [-0.2, 0) is 14.3 Å². The maximum absolute atomic E-state index is 12.4. The summed E-state index contributed by atoms with van der Waals surface area (Å²) in [7, 11) is 0. The number of aliphatic carboxylic acids is 1. The number of carbonyl (C=O) groups is 2. The minimum atomic E-state index is -0.972. The van der Waals surface area contributed by atoms with Gasteiger partial charge in [0, 0.05) is 12.5 Å². The standard InChI is InChI=1S/C13H19NO4/c15-12(10-6-8-1-2-9(10)5-8)14-3-4-18-11(7-14)13(16)17/h8-11H,1-7H2,(H,16,17). The Morgan fingerprint density at radius 2 is 2.06 bits per heavy atom. The molecule has 1 heterocycles. The maximum atomic E-state index is 12.4. The molecule has 3 fully saturated rings. The third kappa shape index (κ3) is 2.00. The maximum Gasteiger partial charge on any atom is 0.334 e. The Bertz CT molecular complexity index is 370. The number of carboxylic acid groups (broad SMARTS) is 1. The second-order valence-corrected chi connectivity index (χ2v) is 5.76. The molecule has 1 amide bonds. The summed E-state index contributed by atoms with van der Waals surface area (Å²) >= 11 is 0. The third-order valence-corrected chi connectivity index (χ3v) is 4.71. The van der Waals surface area contributed by atoms with Crippen molar-refractivity contribution < 1.29 is 19.4 Å². The van der Waals surface area contributed by atoms with Crippen LogP contribution in [0.2, 0.25) is 0 Å². The molecule has 1 saturated heterocycles. The van der Waals surface area contributed by atoms with E-state index in [0.717, 1.165) is 12.3 Å². The van der Waals surface area contributed by atoms with Gasteiger partial charge in [0.1, 0.15) is 0 Å². The number of hydrogen-bond acceptors (Lipinski definition) is 3. The quantitative estimate of drug-likeness (QED) is 0.788. The largest absolute Gasteiger partial charge is 0.479 e. The first-order valence-electron chi connectivity index (χ1n) is 6.78. The van der Waals surface area contributed by atoms with E-state index in [2.05, 4.69) is 0 Å². The van der Waals surface area contributed by atoms with Gasteiger partial charge in [-0.25, -0.2) is 4.79 Å². The lowest BCUT2D eigenvalue weighted by Crippen LogP contribution is -2.50. The molecule has 2 bridgehead atoms. The molecule has 1 N–H and O–H groups in total. The Morgan fingerprint density at radius 1 is 1.22 bits per heavy atom. The Hall–Kier alpha value is -1.10. The van der Waals surface area contributed by atoms with Crippen LogP contribution in [0.4, 0.5) is 0 Å². The lowest BCUT2D eigenvalue weighted by molar-refractivity contribution is -0.161. The van der Waals surface area contributed by atoms with Crippen LogP contribution in [0.5, 0.6) is 0 Å². The number of rotatable bonds is 2. The molecule has 2 saturated carbocycles. The number of carbonyl (C=O) groups excluding carboxylic acids is 1. The van der Waals surface area contributed by atoms with Crippen molar-refractivity contribution in [3.05, 3.63) is 0 Å². The van der Waals surface area contributed by atoms with Crippen molar-refractivity contribution in [2.45, 2.75) is 31.8 Å². The van der Waals surface area contributed by atoms with Crippen molar-refractivity contribution in [1.29, 1.82) is 0 Å². The SMILES string of the molecule is O=C(O)C1CN(C(=O)C2CC3CCC2C3)CCO1. The first kappa shape index (κ1) is 12.0. The van der Waals surface area contributed by atoms with Crippen LogP contribution < -0.4 is 0 Å². The summed E-state index contributed by atoms with van der Waals surface area (Å²) in [6.45, 7) is 1.09. The van der Waals surface area contributed by atoms with Gasteiger partial charge in [0.15, 0.2) is 6.10 Å². The molecule has 0 radical (unpaired) electrons. The van der Waals surface area contributed by atoms with Crippen molar-refractivity contribution in [3.8, 4) is 0 Å². The Morgan fingerprint density at radius 3 is 2.67 bits per heavy atom. The van der Waals surface area contributed by atoms with Gasteiger partial charge in [-0.2, -0.15) is 0 Å². The Labute approximate surface area is 106 Å². The van der Waals surface area contributed by atoms with Crippen molar-refractivity contribution >= 4 is 11.9 Å². The van der Waals surface area contributed by atoms with Crippen molar-refractivity contribution in [2.75, 3.05) is 19.7 Å². The fraction of sp³-hybridized carbons (Fsp3) is 0.846. The summed E-state index contributed by atoms with van der Waals surface area (Å²) in [5.41, 5.74) is 0. The van der Waals surface area contributed by atoms with Gasteiger partial charge < -0.3 is 14.7 Å². The summed E-state index contributed by atoms with van der Waals surface area (Å²) < 4.78 is 5.15. The molecule has 18 heavy (non-hydrogen) atoms. The van der Waals surface area contributed by atoms with E-state index < -0.39 is 12.1 Å². The first-order valence-corrected chi connectivity index (χ1v) is 6.78. The minimum Gasteiger partial charge on any atom is -0.479 e. The van der Waals surface area contributed by atoms with Crippen LogP contribution in [0, 0.1) is 17.8 Å². The molecule has 5 heteroatoms. The van der Waals surface area contributed by atoms with Crippen LogP contribution in [0.15, 0.2) is 0 Å². The van der Waals surface area contributed by atoms with Gasteiger partial charge in [-0.3, -0.25) is 4.79 Å². The van der Waals surface area contributed by atoms with E-state index in [4.69, 9.17) is 9.84 Å². The van der Waals surface area contributed by atoms with Crippen LogP contribution in [-0.4, -0.2) is 47.7 Å². The van der Waals surface area contributed by atoms with Crippen molar-refractivity contribution in [1.82, 2.24) is 4.90 Å². The molecule has 1 aliphatic heterocycles. The Balaban J connectivity index is 1.64. The van der Waals surface area contributed by atoms with Gasteiger partial charge in [0.05, 0.1) is 13.2 Å². The highest BCUT2D eigenvalue weighted by atomic mass is 16.5. The molecule has 2 aliphatic carbocycles. The van der Waals surface area contributed by atoms with Crippen LogP contribution in [0.3, 0.4) is 0 Å². The van der Waals surface area contributed by atoms with E-state index in [1.807, 2.05) is 0 Å². The summed E-state index contributed by atoms with van der Waals surface area (Å²) in [4.78, 5) is 25.0. The monoisotopic (exact) mass is 253 g/mol. The van der Waals surface area contributed by atoms with Gasteiger partial charge in [-0.05, 0) is 31.1 Å². The summed E-state index contributed by atoms with van der Waals surface area (Å²) in [6.07, 6.45) is 3.81. The number of carboxylic acids is 1. The van der Waals surface area contributed by atoms with E-state index in [0.29, 0.717) is 19.1 Å². The molecule has 0 spiro atoms. The van der Waals surface area contributed by atoms with Crippen LogP contribution >= 0.6 is 0 Å². The lowest BCUT2D eigenvalue weighted by atomic mass is 9.87. The molecule has 100 valence electrons. The first-order chi connectivity index (χ1) is 8.65. The minimum absolute atomic E-state index is 0.149. The van der Waals surface area contributed by atoms with Crippen LogP contribution in [0.25, 0.3) is 0 Å². The van der Waals surface area contributed by atoms with E-state index in [1.165, 1.54) is 19.3 Å². The topological polar surface area (TPSA) is 66.8 Å². The third-order valence-electron chi connectivity index (χ3n) is 4.71. The zero-order valence-corrected chi connectivity index (χ0v) is 10.4. The molecule has 3 rings (SSSR count). The van der Waals surface area contributed by atoms with Crippen LogP contribution in [0.1, 0.15) is 25.7 Å². The van der Waals surface area contributed by atoms with E-state index in [1.54, 1.807) is 4.90 Å². The fourth-order valence-electron chi connectivity index (χ4n) is 3.78. The molecular formula is C13H19NO4. The molecule has 4 atom stereocenters. The number of hydrogen-bond donors (Lipinski definition) is 1. The zero-order valence-electron chi connectivity index (χ0n) is 10.4. The molecule has 3 aliphatic rings. The summed E-state index contributed by atoms with van der Waals surface area (Å²) in [5, 5.41) is 8.95. The van der Waals surface area contributed by atoms with Gasteiger partial charge in [0.25, 0.3) is 0 Å². The summed E-state index contributed by atoms with van der Waals surface area (Å²) in [5.74, 6) is 0.627. The number of ether oxygens (including phenoxy) is 1. The number of nitrogens with zero attached hydrogens (tertiary/aromatic N) is 1. The second kappa shape index (κ2) is 4.53. The van der Waals surface area contributed by atoms with Crippen molar-refractivity contribution in [3.63, 3.8) is 0 Å². The Kier molecular flexibility index (Phi) is 3.01. The zero-order chi connectivity index (χ0) is 12.7. The lowest BCUT2D eigenvalue weighted by Gasteiger charge is -2.34. The predicted molar refractivity (Wildman–Crippen MR) is 62.9 cm³/mol. The van der Waals surface area contributed by atoms with Gasteiger partial charge in [0.2, 0.25) is 5.91 Å². The molecular weight excluding hydrogens is 234 g/mol. The summed E-state index contributed by atoms with van der Waals surface area (Å²) in [6, 6.07) is 0. The molecule has 0 aromatic rings. The predicted octanol–water partition coefficient (Wildman–Crippen LogP) is 0.735. The highest BCUT2D eigenvalue weighted by Gasteiger charge is 2.45. The number of amides is 1. The average molecular weight is 253 g/mol. The van der Waals surface area contributed by atoms with Gasteiger partial charge in [-0.1, -0.05) is 6.42 Å². The molecule has 4 unspecified atom stereocenters. The number of morpholine rings is 1.